The van der Waals surface area contributed by atoms with Crippen molar-refractivity contribution in [1.82, 2.24) is 20.2 Å². The number of amides is 2. The number of carbonyl (C=O) groups is 3. The van der Waals surface area contributed by atoms with Crippen LogP contribution in [0.15, 0.2) is 48.7 Å². The molecule has 4 N–H and O–H groups in total. The molecule has 3 heterocycles. The Balaban J connectivity index is 0.000000328. The highest BCUT2D eigenvalue weighted by Gasteiger charge is 2.54. The minimum atomic E-state index is -5.77. The zero-order valence-corrected chi connectivity index (χ0v) is 24.2. The summed E-state index contributed by atoms with van der Waals surface area (Å²) >= 11 is 6.34. The van der Waals surface area contributed by atoms with Crippen molar-refractivity contribution >= 4 is 58.0 Å². The number of benzene rings is 2. The predicted octanol–water partition coefficient (Wildman–Crippen LogP) is 5.79. The fraction of sp³-hybridized carbons (Fsp3) is 0.321. The van der Waals surface area contributed by atoms with Crippen molar-refractivity contribution in [3.63, 3.8) is 0 Å². The molecule has 1 fully saturated rings. The van der Waals surface area contributed by atoms with E-state index in [4.69, 9.17) is 11.6 Å². The number of aryl methyl sites for hydroxylation is 2. The van der Waals surface area contributed by atoms with Crippen molar-refractivity contribution in [2.75, 3.05) is 36.1 Å². The van der Waals surface area contributed by atoms with Crippen molar-refractivity contribution < 1.29 is 40.7 Å². The Morgan fingerprint density at radius 3 is 2.29 bits per heavy atom. The lowest BCUT2D eigenvalue weighted by Gasteiger charge is -2.17. The Morgan fingerprint density at radius 2 is 1.64 bits per heavy atom. The van der Waals surface area contributed by atoms with Crippen LogP contribution in [0.2, 0.25) is 5.02 Å². The summed E-state index contributed by atoms with van der Waals surface area (Å²) in [6, 6.07) is 14.0. The Labute approximate surface area is 257 Å². The first-order chi connectivity index (χ1) is 21.1. The molecule has 240 valence electrons. The van der Waals surface area contributed by atoms with Crippen LogP contribution in [0.25, 0.3) is 0 Å². The first-order valence-electron chi connectivity index (χ1n) is 13.4. The third kappa shape index (κ3) is 9.28. The Hall–Kier alpha value is -4.44. The number of nitrogens with zero attached hydrogens (tertiary/aromatic N) is 3. The molecule has 6 bridgehead atoms. The maximum absolute atomic E-state index is 12.7. The van der Waals surface area contributed by atoms with E-state index in [1.54, 1.807) is 6.20 Å². The van der Waals surface area contributed by atoms with Gasteiger partial charge >= 0.3 is 30.0 Å². The van der Waals surface area contributed by atoms with Gasteiger partial charge in [-0.2, -0.15) is 31.3 Å². The van der Waals surface area contributed by atoms with Crippen LogP contribution in [0.1, 0.15) is 17.5 Å². The summed E-state index contributed by atoms with van der Waals surface area (Å²) < 4.78 is 67.0. The summed E-state index contributed by atoms with van der Waals surface area (Å²) in [5.74, 6) is -5.84. The van der Waals surface area contributed by atoms with E-state index in [1.807, 2.05) is 30.3 Å². The molecule has 0 aliphatic carbocycles. The van der Waals surface area contributed by atoms with E-state index in [0.29, 0.717) is 16.8 Å². The van der Waals surface area contributed by atoms with Crippen LogP contribution in [-0.4, -0.2) is 71.0 Å². The Kier molecular flexibility index (Phi) is 10.2. The van der Waals surface area contributed by atoms with E-state index >= 15 is 0 Å². The number of hydrogen-bond acceptors (Lipinski definition) is 8. The maximum Gasteiger partial charge on any atom is 0.458 e. The van der Waals surface area contributed by atoms with E-state index in [1.165, 1.54) is 5.56 Å². The molecule has 5 rings (SSSR count). The number of Topliss-reactive ketones (excluding diaryl/α,β-unsaturated/α-hetero) is 2. The minimum Gasteiger partial charge on any atom is -0.339 e. The largest absolute Gasteiger partial charge is 0.458 e. The number of fused-ring (bicyclic) bond motifs is 6. The van der Waals surface area contributed by atoms with Crippen LogP contribution in [0.4, 0.5) is 60.0 Å². The number of anilines is 5. The van der Waals surface area contributed by atoms with Gasteiger partial charge in [-0.15, -0.1) is 0 Å². The fourth-order valence-corrected chi connectivity index (χ4v) is 4.66. The van der Waals surface area contributed by atoms with E-state index < -0.39 is 23.9 Å². The number of urea groups is 1. The smallest absolute Gasteiger partial charge is 0.339 e. The standard InChI is InChI=1S/C24H26ClN7O.C4F6O2/c1-32-10-9-19(14-32)29-24(33)30-21-8-7-18-12-16(21)6-5-15-3-2-4-17(11-15)28-23-26-13-20(25)22(27-18)31-23;5-3(6,7)1(11)2(12)4(8,9)10/h2-4,7-8,11-13,19H,5-6,9-10,14H2,1H3,(H2,29,30,33)(H2,26,27,28,31);/t19-;/m0./s1. The second-order valence-electron chi connectivity index (χ2n) is 10.2. The van der Waals surface area contributed by atoms with Gasteiger partial charge in [0, 0.05) is 29.6 Å². The van der Waals surface area contributed by atoms with Gasteiger partial charge in [0.15, 0.2) is 5.82 Å². The van der Waals surface area contributed by atoms with Gasteiger partial charge in [-0.05, 0) is 74.3 Å². The summed E-state index contributed by atoms with van der Waals surface area (Å²) in [5.41, 5.74) is 4.75. The number of alkyl halides is 6. The third-order valence-corrected chi connectivity index (χ3v) is 6.95. The maximum atomic E-state index is 12.7. The third-order valence-electron chi connectivity index (χ3n) is 6.67. The second kappa shape index (κ2) is 13.7. The first-order valence-corrected chi connectivity index (χ1v) is 13.7. The fourth-order valence-electron chi connectivity index (χ4n) is 4.52. The molecule has 2 aromatic carbocycles. The second-order valence-corrected chi connectivity index (χ2v) is 10.6. The lowest BCUT2D eigenvalue weighted by atomic mass is 10.0. The molecule has 17 heteroatoms. The molecule has 2 amide bonds. The summed E-state index contributed by atoms with van der Waals surface area (Å²) in [7, 11) is 2.07. The summed E-state index contributed by atoms with van der Waals surface area (Å²) in [6.07, 6.45) is -7.42. The number of halogens is 7. The molecule has 45 heavy (non-hydrogen) atoms. The number of nitrogens with one attached hydrogen (secondary N) is 4. The number of likely N-dealkylation sites (tertiary alicyclic amines) is 1. The Morgan fingerprint density at radius 1 is 0.956 bits per heavy atom. The van der Waals surface area contributed by atoms with Crippen molar-refractivity contribution in [2.24, 2.45) is 0 Å². The molecule has 3 aromatic rings. The number of aromatic nitrogens is 2. The van der Waals surface area contributed by atoms with Crippen LogP contribution in [0, 0.1) is 0 Å². The molecule has 0 radical (unpaired) electrons. The zero-order valence-electron chi connectivity index (χ0n) is 23.4. The number of rotatable bonds is 3. The van der Waals surface area contributed by atoms with E-state index in [-0.39, 0.29) is 12.1 Å². The molecule has 2 aliphatic heterocycles. The van der Waals surface area contributed by atoms with Gasteiger partial charge in [-0.25, -0.2) is 9.78 Å². The molecule has 2 aliphatic rings. The summed E-state index contributed by atoms with van der Waals surface area (Å²) in [4.78, 5) is 42.9. The number of hydrogen-bond donors (Lipinski definition) is 4. The van der Waals surface area contributed by atoms with Crippen LogP contribution in [-0.2, 0) is 22.4 Å². The van der Waals surface area contributed by atoms with Gasteiger partial charge in [0.25, 0.3) is 0 Å². The van der Waals surface area contributed by atoms with Crippen molar-refractivity contribution in [3.05, 3.63) is 64.8 Å². The van der Waals surface area contributed by atoms with Gasteiger partial charge in [-0.3, -0.25) is 9.59 Å². The van der Waals surface area contributed by atoms with Crippen LogP contribution >= 0.6 is 11.6 Å². The summed E-state index contributed by atoms with van der Waals surface area (Å²) in [5, 5.41) is 13.1. The van der Waals surface area contributed by atoms with Crippen molar-refractivity contribution in [3.8, 4) is 0 Å². The van der Waals surface area contributed by atoms with Gasteiger partial charge in [-0.1, -0.05) is 23.7 Å². The molecule has 0 spiro atoms. The monoisotopic (exact) mass is 657 g/mol. The van der Waals surface area contributed by atoms with Gasteiger partial charge < -0.3 is 26.2 Å². The molecule has 0 saturated carbocycles. The molecular formula is C28H26ClF6N7O3. The molecule has 1 saturated heterocycles. The zero-order chi connectivity index (χ0) is 32.9. The lowest BCUT2D eigenvalue weighted by Crippen LogP contribution is -2.39. The van der Waals surface area contributed by atoms with Gasteiger partial charge in [0.1, 0.15) is 5.02 Å². The highest BCUT2D eigenvalue weighted by atomic mass is 35.5. The minimum absolute atomic E-state index is 0.172. The summed E-state index contributed by atoms with van der Waals surface area (Å²) in [6.45, 7) is 1.87. The van der Waals surface area contributed by atoms with E-state index in [9.17, 15) is 40.7 Å². The van der Waals surface area contributed by atoms with Gasteiger partial charge in [0.05, 0.1) is 6.20 Å². The normalized spacial score (nSPS) is 16.3. The molecular weight excluding hydrogens is 632 g/mol. The molecule has 1 aromatic heterocycles. The molecule has 10 nitrogen and oxygen atoms in total. The van der Waals surface area contributed by atoms with E-state index in [2.05, 4.69) is 55.3 Å². The molecule has 1 atom stereocenters. The Bertz CT molecular complexity index is 1560. The SMILES string of the molecule is CN1CC[C@H](NC(=O)Nc2ccc3cc2CCc2cccc(c2)Nc2ncc(Cl)c(n2)N3)C1.O=C(C(=O)C(F)(F)F)C(F)(F)F. The predicted molar refractivity (Wildman–Crippen MR) is 154 cm³/mol. The van der Waals surface area contributed by atoms with Crippen molar-refractivity contribution in [2.45, 2.75) is 37.7 Å². The van der Waals surface area contributed by atoms with Gasteiger partial charge in [0.2, 0.25) is 5.95 Å². The lowest BCUT2D eigenvalue weighted by molar-refractivity contribution is -0.193. The van der Waals surface area contributed by atoms with Crippen LogP contribution in [0.3, 0.4) is 0 Å². The highest BCUT2D eigenvalue weighted by Crippen LogP contribution is 2.30. The highest BCUT2D eigenvalue weighted by molar-refractivity contribution is 6.41. The average molecular weight is 658 g/mol. The van der Waals surface area contributed by atoms with E-state index in [0.717, 1.165) is 55.0 Å². The average Bonchev–Trinajstić information content (AvgIpc) is 3.37. The number of likely N-dealkylation sites (N-methyl/N-ethyl adjacent to an activating group) is 1. The molecule has 0 unspecified atom stereocenters. The number of ketones is 2. The van der Waals surface area contributed by atoms with Crippen LogP contribution < -0.4 is 21.3 Å². The van der Waals surface area contributed by atoms with Crippen molar-refractivity contribution in [1.29, 1.82) is 0 Å². The quantitative estimate of drug-likeness (QED) is 0.206. The topological polar surface area (TPSA) is 128 Å². The first kappa shape index (κ1) is 33.5. The van der Waals surface area contributed by atoms with Crippen LogP contribution in [0.5, 0.6) is 0 Å². The number of carbonyl (C=O) groups excluding carboxylic acids is 3.